The summed E-state index contributed by atoms with van der Waals surface area (Å²) in [5.41, 5.74) is 0.868. The Bertz CT molecular complexity index is 578. The number of ether oxygens (including phenoxy) is 1. The van der Waals surface area contributed by atoms with Crippen LogP contribution in [0.15, 0.2) is 54.6 Å². The van der Waals surface area contributed by atoms with Crippen LogP contribution < -0.4 is 0 Å². The molecule has 3 heteroatoms. The summed E-state index contributed by atoms with van der Waals surface area (Å²) in [5, 5.41) is 0.600. The van der Waals surface area contributed by atoms with Crippen molar-refractivity contribution in [2.75, 3.05) is 0 Å². The Labute approximate surface area is 124 Å². The molecule has 0 spiro atoms. The average Bonchev–Trinajstić information content (AvgIpc) is 2.48. The van der Waals surface area contributed by atoms with Crippen LogP contribution in [0, 0.1) is 0 Å². The third-order valence-corrected chi connectivity index (χ3v) is 3.71. The van der Waals surface area contributed by atoms with E-state index in [9.17, 15) is 4.79 Å². The van der Waals surface area contributed by atoms with E-state index in [-0.39, 0.29) is 5.97 Å². The van der Waals surface area contributed by atoms with E-state index in [1.807, 2.05) is 44.2 Å². The monoisotopic (exact) mass is 288 g/mol. The topological polar surface area (TPSA) is 26.3 Å². The van der Waals surface area contributed by atoms with Gasteiger partial charge in [0.2, 0.25) is 0 Å². The number of hydrogen-bond acceptors (Lipinski definition) is 2. The van der Waals surface area contributed by atoms with Crippen LogP contribution in [0.3, 0.4) is 0 Å². The number of halogens is 1. The van der Waals surface area contributed by atoms with Gasteiger partial charge in [0.25, 0.3) is 0 Å². The molecule has 0 saturated heterocycles. The first-order valence-corrected chi connectivity index (χ1v) is 6.97. The zero-order chi connectivity index (χ0) is 14.6. The zero-order valence-electron chi connectivity index (χ0n) is 11.6. The van der Waals surface area contributed by atoms with Crippen molar-refractivity contribution < 1.29 is 9.53 Å². The van der Waals surface area contributed by atoms with Gasteiger partial charge in [-0.25, -0.2) is 4.79 Å². The van der Waals surface area contributed by atoms with Gasteiger partial charge in [-0.2, -0.15) is 0 Å². The molecule has 0 unspecified atom stereocenters. The Kier molecular flexibility index (Phi) is 4.46. The van der Waals surface area contributed by atoms with Crippen molar-refractivity contribution in [3.05, 3.63) is 70.7 Å². The van der Waals surface area contributed by atoms with Crippen molar-refractivity contribution >= 4 is 17.6 Å². The van der Waals surface area contributed by atoms with Crippen molar-refractivity contribution in [1.29, 1.82) is 0 Å². The van der Waals surface area contributed by atoms with Crippen molar-refractivity contribution in [1.82, 2.24) is 0 Å². The van der Waals surface area contributed by atoms with Crippen molar-refractivity contribution in [3.63, 3.8) is 0 Å². The number of benzene rings is 2. The van der Waals surface area contributed by atoms with Crippen LogP contribution in [0.4, 0.5) is 0 Å². The van der Waals surface area contributed by atoms with Gasteiger partial charge in [-0.1, -0.05) is 48.9 Å². The highest BCUT2D eigenvalue weighted by Crippen LogP contribution is 2.30. The van der Waals surface area contributed by atoms with Gasteiger partial charge in [-0.3, -0.25) is 0 Å². The Morgan fingerprint density at radius 3 is 2.25 bits per heavy atom. The Hall–Kier alpha value is -1.80. The maximum absolute atomic E-state index is 12.2. The van der Waals surface area contributed by atoms with Crippen LogP contribution >= 0.6 is 11.6 Å². The molecule has 2 nitrogen and oxygen atoms in total. The third kappa shape index (κ3) is 3.20. The maximum Gasteiger partial charge on any atom is 0.339 e. The summed E-state index contributed by atoms with van der Waals surface area (Å²) in [6.45, 7) is 3.93. The molecule has 0 radical (unpaired) electrons. The zero-order valence-corrected chi connectivity index (χ0v) is 12.4. The van der Waals surface area contributed by atoms with E-state index in [2.05, 4.69) is 0 Å². The van der Waals surface area contributed by atoms with Gasteiger partial charge in [0.1, 0.15) is 5.60 Å². The van der Waals surface area contributed by atoms with Crippen LogP contribution in [-0.2, 0) is 10.3 Å². The lowest BCUT2D eigenvalue weighted by Crippen LogP contribution is -2.28. The molecule has 0 aliphatic rings. The molecule has 0 amide bonds. The third-order valence-electron chi connectivity index (χ3n) is 3.46. The molecule has 2 rings (SSSR count). The van der Waals surface area contributed by atoms with Crippen LogP contribution in [0.2, 0.25) is 5.02 Å². The number of esters is 1. The average molecular weight is 289 g/mol. The number of carbonyl (C=O) groups excluding carboxylic acids is 1. The molecular formula is C17H17ClO2. The highest BCUT2D eigenvalue weighted by Gasteiger charge is 2.29. The van der Waals surface area contributed by atoms with Crippen LogP contribution in [0.1, 0.15) is 36.2 Å². The van der Waals surface area contributed by atoms with Gasteiger partial charge in [-0.05, 0) is 43.2 Å². The van der Waals surface area contributed by atoms with E-state index in [0.29, 0.717) is 17.0 Å². The molecule has 0 aliphatic heterocycles. The van der Waals surface area contributed by atoms with Gasteiger partial charge >= 0.3 is 5.97 Å². The molecule has 0 N–H and O–H groups in total. The maximum atomic E-state index is 12.2. The van der Waals surface area contributed by atoms with E-state index in [4.69, 9.17) is 16.3 Å². The van der Waals surface area contributed by atoms with E-state index < -0.39 is 5.60 Å². The summed E-state index contributed by atoms with van der Waals surface area (Å²) in [7, 11) is 0. The smallest absolute Gasteiger partial charge is 0.339 e. The fourth-order valence-corrected chi connectivity index (χ4v) is 2.10. The van der Waals surface area contributed by atoms with Crippen LogP contribution in [-0.4, -0.2) is 5.97 Å². The Morgan fingerprint density at radius 2 is 1.70 bits per heavy atom. The summed E-state index contributed by atoms with van der Waals surface area (Å²) >= 11 is 5.82. The fraction of sp³-hybridized carbons (Fsp3) is 0.235. The molecular weight excluding hydrogens is 272 g/mol. The van der Waals surface area contributed by atoms with Gasteiger partial charge in [0, 0.05) is 5.02 Å². The summed E-state index contributed by atoms with van der Waals surface area (Å²) in [6.07, 6.45) is 0.705. The van der Waals surface area contributed by atoms with Gasteiger partial charge in [0.15, 0.2) is 0 Å². The van der Waals surface area contributed by atoms with Gasteiger partial charge in [0.05, 0.1) is 5.56 Å². The van der Waals surface area contributed by atoms with Crippen LogP contribution in [0.25, 0.3) is 0 Å². The molecule has 20 heavy (non-hydrogen) atoms. The highest BCUT2D eigenvalue weighted by atomic mass is 35.5. The minimum Gasteiger partial charge on any atom is -0.451 e. The second-order valence-corrected chi connectivity index (χ2v) is 5.28. The molecule has 0 saturated carbocycles. The second kappa shape index (κ2) is 6.10. The highest BCUT2D eigenvalue weighted by molar-refractivity contribution is 6.30. The van der Waals surface area contributed by atoms with E-state index >= 15 is 0 Å². The van der Waals surface area contributed by atoms with E-state index in [1.54, 1.807) is 24.3 Å². The fourth-order valence-electron chi connectivity index (χ4n) is 1.98. The number of carbonyl (C=O) groups is 1. The molecule has 0 bridgehead atoms. The first-order valence-electron chi connectivity index (χ1n) is 6.59. The van der Waals surface area contributed by atoms with Crippen molar-refractivity contribution in [2.24, 2.45) is 0 Å². The van der Waals surface area contributed by atoms with Gasteiger partial charge in [-0.15, -0.1) is 0 Å². The second-order valence-electron chi connectivity index (χ2n) is 4.85. The normalized spacial score (nSPS) is 13.6. The summed E-state index contributed by atoms with van der Waals surface area (Å²) in [4.78, 5) is 12.2. The first-order chi connectivity index (χ1) is 9.55. The van der Waals surface area contributed by atoms with Crippen molar-refractivity contribution in [3.8, 4) is 0 Å². The summed E-state index contributed by atoms with van der Waals surface area (Å²) < 4.78 is 5.72. The number of rotatable bonds is 4. The first kappa shape index (κ1) is 14.6. The van der Waals surface area contributed by atoms with Crippen molar-refractivity contribution in [2.45, 2.75) is 25.9 Å². The molecule has 2 aromatic carbocycles. The molecule has 1 atom stereocenters. The lowest BCUT2D eigenvalue weighted by molar-refractivity contribution is -0.0141. The molecule has 0 heterocycles. The predicted octanol–water partition coefficient (Wildman–Crippen LogP) is 4.82. The quantitative estimate of drug-likeness (QED) is 0.754. The Morgan fingerprint density at radius 1 is 1.10 bits per heavy atom. The minimum absolute atomic E-state index is 0.338. The molecule has 0 fully saturated rings. The van der Waals surface area contributed by atoms with Gasteiger partial charge < -0.3 is 4.74 Å². The van der Waals surface area contributed by atoms with E-state index in [1.165, 1.54) is 0 Å². The molecule has 104 valence electrons. The minimum atomic E-state index is -0.627. The SMILES string of the molecule is CC[C@](C)(OC(=O)c1ccc(Cl)cc1)c1ccccc1. The van der Waals surface area contributed by atoms with E-state index in [0.717, 1.165) is 5.56 Å². The van der Waals surface area contributed by atoms with Crippen LogP contribution in [0.5, 0.6) is 0 Å². The molecule has 2 aromatic rings. The Balaban J connectivity index is 2.22. The molecule has 0 aliphatic carbocycles. The number of hydrogen-bond donors (Lipinski definition) is 0. The molecule has 0 aromatic heterocycles. The lowest BCUT2D eigenvalue weighted by atomic mass is 9.93. The summed E-state index contributed by atoms with van der Waals surface area (Å²) in [6, 6.07) is 16.5. The largest absolute Gasteiger partial charge is 0.451 e. The predicted molar refractivity (Wildman–Crippen MR) is 81.0 cm³/mol. The summed E-state index contributed by atoms with van der Waals surface area (Å²) in [5.74, 6) is -0.338. The standard InChI is InChI=1S/C17H17ClO2/c1-3-17(2,14-7-5-4-6-8-14)20-16(19)13-9-11-15(18)12-10-13/h4-12H,3H2,1-2H3/t17-/m0/s1. The lowest BCUT2D eigenvalue weighted by Gasteiger charge is -2.29.